The van der Waals surface area contributed by atoms with E-state index in [0.29, 0.717) is 29.1 Å². The third-order valence-electron chi connectivity index (χ3n) is 3.30. The standard InChI is InChI=1S/C17H13N3O3/c18-20-19-10-13-9-15(21)14-7-4-8-16(17(14)23-13)22-11-12-5-2-1-3-6-12/h1-9H,10-11H2. The maximum Gasteiger partial charge on any atom is 0.193 e. The van der Waals surface area contributed by atoms with Crippen LogP contribution in [0, 0.1) is 0 Å². The molecule has 1 heterocycles. The Morgan fingerprint density at radius 1 is 1.13 bits per heavy atom. The van der Waals surface area contributed by atoms with Gasteiger partial charge in [0.25, 0.3) is 0 Å². The molecule has 0 aliphatic carbocycles. The van der Waals surface area contributed by atoms with E-state index in [1.165, 1.54) is 6.07 Å². The number of ether oxygens (including phenoxy) is 1. The summed E-state index contributed by atoms with van der Waals surface area (Å²) < 4.78 is 11.5. The molecule has 0 saturated heterocycles. The number of azide groups is 1. The smallest absolute Gasteiger partial charge is 0.193 e. The van der Waals surface area contributed by atoms with Crippen LogP contribution < -0.4 is 10.2 Å². The van der Waals surface area contributed by atoms with Crippen LogP contribution in [0.5, 0.6) is 5.75 Å². The fourth-order valence-corrected chi connectivity index (χ4v) is 2.23. The van der Waals surface area contributed by atoms with E-state index in [1.54, 1.807) is 18.2 Å². The van der Waals surface area contributed by atoms with E-state index in [9.17, 15) is 4.79 Å². The van der Waals surface area contributed by atoms with Gasteiger partial charge in [0.05, 0.1) is 11.9 Å². The van der Waals surface area contributed by atoms with Crippen LogP contribution in [0.1, 0.15) is 11.3 Å². The molecule has 0 atom stereocenters. The minimum Gasteiger partial charge on any atom is -0.485 e. The van der Waals surface area contributed by atoms with E-state index in [-0.39, 0.29) is 12.0 Å². The quantitative estimate of drug-likeness (QED) is 0.402. The summed E-state index contributed by atoms with van der Waals surface area (Å²) in [5.41, 5.74) is 9.57. The molecule has 2 aromatic carbocycles. The zero-order valence-corrected chi connectivity index (χ0v) is 12.2. The van der Waals surface area contributed by atoms with Crippen molar-refractivity contribution in [3.05, 3.63) is 86.6 Å². The first-order chi connectivity index (χ1) is 11.3. The summed E-state index contributed by atoms with van der Waals surface area (Å²) in [6, 6.07) is 16.2. The molecule has 0 saturated carbocycles. The number of fused-ring (bicyclic) bond motifs is 1. The summed E-state index contributed by atoms with van der Waals surface area (Å²) in [7, 11) is 0. The van der Waals surface area contributed by atoms with Gasteiger partial charge in [-0.25, -0.2) is 0 Å². The van der Waals surface area contributed by atoms with E-state index >= 15 is 0 Å². The van der Waals surface area contributed by atoms with Gasteiger partial charge in [0.2, 0.25) is 0 Å². The van der Waals surface area contributed by atoms with Crippen LogP contribution in [-0.4, -0.2) is 0 Å². The first kappa shape index (κ1) is 14.7. The van der Waals surface area contributed by atoms with Crippen molar-refractivity contribution in [3.63, 3.8) is 0 Å². The van der Waals surface area contributed by atoms with E-state index < -0.39 is 0 Å². The Labute approximate surface area is 131 Å². The lowest BCUT2D eigenvalue weighted by molar-refractivity contribution is 0.304. The lowest BCUT2D eigenvalue weighted by Gasteiger charge is -2.09. The molecule has 6 nitrogen and oxygen atoms in total. The maximum atomic E-state index is 12.1. The van der Waals surface area contributed by atoms with Gasteiger partial charge in [0.15, 0.2) is 16.8 Å². The Bertz CT molecular complexity index is 929. The van der Waals surface area contributed by atoms with Crippen molar-refractivity contribution >= 4 is 11.0 Å². The highest BCUT2D eigenvalue weighted by Crippen LogP contribution is 2.25. The number of para-hydroxylation sites is 1. The van der Waals surface area contributed by atoms with Crippen molar-refractivity contribution in [2.75, 3.05) is 0 Å². The normalized spacial score (nSPS) is 10.3. The molecule has 23 heavy (non-hydrogen) atoms. The van der Waals surface area contributed by atoms with Gasteiger partial charge in [-0.2, -0.15) is 0 Å². The molecular weight excluding hydrogens is 294 g/mol. The molecule has 3 aromatic rings. The minimum absolute atomic E-state index is 0.0191. The summed E-state index contributed by atoms with van der Waals surface area (Å²) in [5, 5.41) is 3.85. The fraction of sp³-hybridized carbons (Fsp3) is 0.118. The van der Waals surface area contributed by atoms with Gasteiger partial charge in [-0.1, -0.05) is 41.5 Å². The molecular formula is C17H13N3O3. The van der Waals surface area contributed by atoms with Gasteiger partial charge in [0.1, 0.15) is 12.4 Å². The molecule has 114 valence electrons. The third kappa shape index (κ3) is 3.33. The Balaban J connectivity index is 1.97. The van der Waals surface area contributed by atoms with Crippen molar-refractivity contribution in [2.24, 2.45) is 5.11 Å². The molecule has 0 aliphatic heterocycles. The molecule has 6 heteroatoms. The first-order valence-electron chi connectivity index (χ1n) is 7.01. The van der Waals surface area contributed by atoms with Crippen LogP contribution in [0.15, 0.2) is 68.9 Å². The monoisotopic (exact) mass is 307 g/mol. The zero-order valence-electron chi connectivity index (χ0n) is 12.2. The molecule has 0 amide bonds. The lowest BCUT2D eigenvalue weighted by atomic mass is 10.2. The van der Waals surface area contributed by atoms with E-state index in [0.717, 1.165) is 5.56 Å². The SMILES string of the molecule is [N-]=[N+]=NCc1cc(=O)c2cccc(OCc3ccccc3)c2o1. The second-order valence-electron chi connectivity index (χ2n) is 4.87. The molecule has 0 spiro atoms. The number of hydrogen-bond donors (Lipinski definition) is 0. The second-order valence-corrected chi connectivity index (χ2v) is 4.87. The third-order valence-corrected chi connectivity index (χ3v) is 3.30. The van der Waals surface area contributed by atoms with E-state index in [4.69, 9.17) is 14.7 Å². The Morgan fingerprint density at radius 3 is 2.74 bits per heavy atom. The molecule has 0 aliphatic rings. The largest absolute Gasteiger partial charge is 0.485 e. The van der Waals surface area contributed by atoms with Crippen LogP contribution in [0.25, 0.3) is 21.4 Å². The van der Waals surface area contributed by atoms with Crippen molar-refractivity contribution in [2.45, 2.75) is 13.2 Å². The Kier molecular flexibility index (Phi) is 4.27. The number of hydrogen-bond acceptors (Lipinski definition) is 4. The van der Waals surface area contributed by atoms with E-state index in [2.05, 4.69) is 10.0 Å². The predicted octanol–water partition coefficient (Wildman–Crippen LogP) is 4.18. The van der Waals surface area contributed by atoms with Gasteiger partial charge in [-0.05, 0) is 23.2 Å². The molecule has 0 radical (unpaired) electrons. The summed E-state index contributed by atoms with van der Waals surface area (Å²) in [5.74, 6) is 0.780. The number of benzene rings is 2. The average molecular weight is 307 g/mol. The highest BCUT2D eigenvalue weighted by atomic mass is 16.5. The van der Waals surface area contributed by atoms with Gasteiger partial charge < -0.3 is 9.15 Å². The molecule has 0 bridgehead atoms. The highest BCUT2D eigenvalue weighted by Gasteiger charge is 2.10. The number of nitrogens with zero attached hydrogens (tertiary/aromatic N) is 3. The predicted molar refractivity (Wildman–Crippen MR) is 86.1 cm³/mol. The van der Waals surface area contributed by atoms with Crippen LogP contribution in [0.3, 0.4) is 0 Å². The van der Waals surface area contributed by atoms with Crippen LogP contribution in [0.2, 0.25) is 0 Å². The fourth-order valence-electron chi connectivity index (χ4n) is 2.23. The van der Waals surface area contributed by atoms with Gasteiger partial charge >= 0.3 is 0 Å². The second kappa shape index (κ2) is 6.68. The molecule has 0 unspecified atom stereocenters. The van der Waals surface area contributed by atoms with Crippen LogP contribution in [-0.2, 0) is 13.2 Å². The summed E-state index contributed by atoms with van der Waals surface area (Å²) in [6.45, 7) is 0.346. The highest BCUT2D eigenvalue weighted by molar-refractivity contribution is 5.82. The minimum atomic E-state index is -0.195. The van der Waals surface area contributed by atoms with Crippen molar-refractivity contribution in [1.29, 1.82) is 0 Å². The molecule has 1 aromatic heterocycles. The molecule has 0 fully saturated rings. The zero-order chi connectivity index (χ0) is 16.1. The molecule has 0 N–H and O–H groups in total. The molecule has 3 rings (SSSR count). The summed E-state index contributed by atoms with van der Waals surface area (Å²) >= 11 is 0. The maximum absolute atomic E-state index is 12.1. The van der Waals surface area contributed by atoms with Crippen LogP contribution >= 0.6 is 0 Å². The van der Waals surface area contributed by atoms with Gasteiger partial charge in [0, 0.05) is 11.0 Å². The van der Waals surface area contributed by atoms with E-state index in [1.807, 2.05) is 30.3 Å². The lowest BCUT2D eigenvalue weighted by Crippen LogP contribution is -2.03. The topological polar surface area (TPSA) is 88.2 Å². The Hall–Kier alpha value is -3.24. The van der Waals surface area contributed by atoms with Gasteiger partial charge in [-0.3, -0.25) is 4.79 Å². The first-order valence-corrected chi connectivity index (χ1v) is 7.01. The van der Waals surface area contributed by atoms with Crippen molar-refractivity contribution in [1.82, 2.24) is 0 Å². The summed E-state index contributed by atoms with van der Waals surface area (Å²) in [6.07, 6.45) is 0. The average Bonchev–Trinajstić information content (AvgIpc) is 2.59. The van der Waals surface area contributed by atoms with Gasteiger partial charge in [-0.15, -0.1) is 0 Å². The Morgan fingerprint density at radius 2 is 1.96 bits per heavy atom. The number of rotatable bonds is 5. The van der Waals surface area contributed by atoms with Crippen molar-refractivity contribution < 1.29 is 9.15 Å². The summed E-state index contributed by atoms with van der Waals surface area (Å²) in [4.78, 5) is 14.8. The van der Waals surface area contributed by atoms with Crippen LogP contribution in [0.4, 0.5) is 0 Å². The van der Waals surface area contributed by atoms with Crippen molar-refractivity contribution in [3.8, 4) is 5.75 Å².